The summed E-state index contributed by atoms with van der Waals surface area (Å²) in [5.74, 6) is 0. The van der Waals surface area contributed by atoms with Crippen molar-refractivity contribution in [3.63, 3.8) is 0 Å². The number of benzene rings is 8. The van der Waals surface area contributed by atoms with E-state index in [4.69, 9.17) is 0 Å². The molecule has 10 aromatic rings. The van der Waals surface area contributed by atoms with E-state index in [-0.39, 0.29) is 0 Å². The van der Waals surface area contributed by atoms with Crippen LogP contribution < -0.4 is 0 Å². The van der Waals surface area contributed by atoms with Gasteiger partial charge in [0.05, 0.1) is 50.6 Å². The van der Waals surface area contributed by atoms with Crippen LogP contribution in [0.1, 0.15) is 33.4 Å². The Morgan fingerprint density at radius 1 is 0.433 bits per heavy atom. The summed E-state index contributed by atoms with van der Waals surface area (Å²) in [6.07, 6.45) is -4.48. The second kappa shape index (κ2) is 13.9. The molecule has 8 aromatic carbocycles. The molecule has 0 unspecified atom stereocenters. The predicted molar refractivity (Wildman–Crippen MR) is 240 cm³/mol. The summed E-state index contributed by atoms with van der Waals surface area (Å²) in [6.45, 7) is 8.06. The number of hydrogen-bond acceptors (Lipinski definition) is 1. The smallest absolute Gasteiger partial charge is 0.307 e. The molecule has 0 N–H and O–H groups in total. The van der Waals surface area contributed by atoms with Crippen molar-refractivity contribution in [2.45, 2.75) is 33.9 Å². The third kappa shape index (κ3) is 6.13. The Labute approximate surface area is 345 Å². The number of nitrogens with zero attached hydrogens (tertiary/aromatic N) is 3. The maximum atomic E-state index is 14.1. The van der Waals surface area contributed by atoms with Crippen LogP contribution in [0, 0.1) is 39.0 Å². The Morgan fingerprint density at radius 2 is 0.950 bits per heavy atom. The molecule has 0 atom stereocenters. The average Bonchev–Trinajstić information content (AvgIpc) is 3.74. The van der Waals surface area contributed by atoms with Gasteiger partial charge in [-0.1, -0.05) is 108 Å². The van der Waals surface area contributed by atoms with Crippen molar-refractivity contribution in [3.05, 3.63) is 191 Å². The van der Waals surface area contributed by atoms with Gasteiger partial charge < -0.3 is 9.13 Å². The van der Waals surface area contributed by atoms with Crippen molar-refractivity contribution in [1.29, 1.82) is 5.26 Å². The molecule has 0 spiro atoms. The molecule has 10 rings (SSSR count). The topological polar surface area (TPSA) is 33.6 Å². The Bertz CT molecular complexity index is 3410. The molecule has 6 heteroatoms. The number of aromatic nitrogens is 2. The van der Waals surface area contributed by atoms with Gasteiger partial charge in [-0.2, -0.15) is 18.4 Å². The van der Waals surface area contributed by atoms with Gasteiger partial charge in [0.25, 0.3) is 0 Å². The fourth-order valence-corrected chi connectivity index (χ4v) is 9.18. The molecule has 0 saturated carbocycles. The summed E-state index contributed by atoms with van der Waals surface area (Å²) in [4.78, 5) is 0. The second-order valence-corrected chi connectivity index (χ2v) is 16.0. The van der Waals surface area contributed by atoms with Crippen molar-refractivity contribution in [3.8, 4) is 50.8 Å². The van der Waals surface area contributed by atoms with E-state index in [0.29, 0.717) is 22.3 Å². The van der Waals surface area contributed by atoms with E-state index in [2.05, 4.69) is 121 Å². The lowest BCUT2D eigenvalue weighted by Crippen LogP contribution is -2.06. The van der Waals surface area contributed by atoms with E-state index in [1.54, 1.807) is 6.92 Å². The quantitative estimate of drug-likeness (QED) is 0.171. The Morgan fingerprint density at radius 3 is 1.52 bits per heavy atom. The summed E-state index contributed by atoms with van der Waals surface area (Å²) in [7, 11) is 0. The van der Waals surface area contributed by atoms with Crippen molar-refractivity contribution in [2.75, 3.05) is 0 Å². The largest absolute Gasteiger partial charge is 0.416 e. The van der Waals surface area contributed by atoms with Gasteiger partial charge in [-0.05, 0) is 133 Å². The number of para-hydroxylation sites is 2. The van der Waals surface area contributed by atoms with Crippen LogP contribution >= 0.6 is 0 Å². The zero-order chi connectivity index (χ0) is 41.4. The van der Waals surface area contributed by atoms with Crippen LogP contribution in [0.4, 0.5) is 13.2 Å². The highest BCUT2D eigenvalue weighted by atomic mass is 19.4. The number of halogens is 3. The molecule has 0 radical (unpaired) electrons. The van der Waals surface area contributed by atoms with Gasteiger partial charge in [0, 0.05) is 21.5 Å². The lowest BCUT2D eigenvalue weighted by Gasteiger charge is -2.20. The van der Waals surface area contributed by atoms with Crippen LogP contribution in [-0.2, 0) is 6.18 Å². The molecule has 0 aliphatic rings. The molecule has 60 heavy (non-hydrogen) atoms. The monoisotopic (exact) mass is 785 g/mol. The molecule has 0 saturated heterocycles. The van der Waals surface area contributed by atoms with Crippen LogP contribution in [0.5, 0.6) is 0 Å². The second-order valence-electron chi connectivity index (χ2n) is 16.0. The molecule has 0 bridgehead atoms. The number of nitriles is 1. The zero-order valence-corrected chi connectivity index (χ0v) is 33.5. The van der Waals surface area contributed by atoms with Gasteiger partial charge in [-0.25, -0.2) is 0 Å². The zero-order valence-electron chi connectivity index (χ0n) is 33.5. The highest BCUT2D eigenvalue weighted by Crippen LogP contribution is 2.43. The van der Waals surface area contributed by atoms with E-state index >= 15 is 0 Å². The lowest BCUT2D eigenvalue weighted by atomic mass is 9.97. The van der Waals surface area contributed by atoms with Gasteiger partial charge in [-0.3, -0.25) is 0 Å². The number of rotatable bonds is 5. The number of alkyl halides is 3. The normalized spacial score (nSPS) is 11.9. The molecule has 0 fully saturated rings. The minimum Gasteiger partial charge on any atom is -0.307 e. The van der Waals surface area contributed by atoms with Gasteiger partial charge in [0.15, 0.2) is 0 Å². The first-order chi connectivity index (χ1) is 28.9. The van der Waals surface area contributed by atoms with Gasteiger partial charge in [0.2, 0.25) is 0 Å². The van der Waals surface area contributed by atoms with Crippen LogP contribution in [0.2, 0.25) is 0 Å². The van der Waals surface area contributed by atoms with Crippen molar-refractivity contribution < 1.29 is 13.2 Å². The Kier molecular flexibility index (Phi) is 8.55. The molecule has 0 aliphatic carbocycles. The summed E-state index contributed by atoms with van der Waals surface area (Å²) in [5, 5.41) is 14.2. The minimum atomic E-state index is -4.48. The first-order valence-electron chi connectivity index (χ1n) is 20.0. The summed E-state index contributed by atoms with van der Waals surface area (Å²) < 4.78 is 47.0. The number of hydrogen-bond donors (Lipinski definition) is 0. The summed E-state index contributed by atoms with van der Waals surface area (Å²) in [5.41, 5.74) is 14.9. The van der Waals surface area contributed by atoms with E-state index in [0.717, 1.165) is 82.8 Å². The van der Waals surface area contributed by atoms with Crippen LogP contribution in [-0.4, -0.2) is 9.13 Å². The SMILES string of the molecule is Cc1cc(C)cc(-c2ccc3c4ccccc4n(-c4cc(C)c(-c5cccc(C#N)c5)cc4-n4c5ccccc5c5ccc(-c6cc(C)cc(C(F)(F)F)c6)cc54)c3c2)c1. The van der Waals surface area contributed by atoms with Gasteiger partial charge in [-0.15, -0.1) is 0 Å². The molecule has 0 aliphatic heterocycles. The molecular weight excluding hydrogens is 748 g/mol. The average molecular weight is 786 g/mol. The first-order valence-corrected chi connectivity index (χ1v) is 20.0. The van der Waals surface area contributed by atoms with Crippen molar-refractivity contribution >= 4 is 43.6 Å². The van der Waals surface area contributed by atoms with E-state index in [1.807, 2.05) is 60.7 Å². The highest BCUT2D eigenvalue weighted by molar-refractivity contribution is 6.13. The number of fused-ring (bicyclic) bond motifs is 6. The maximum absolute atomic E-state index is 14.1. The van der Waals surface area contributed by atoms with Gasteiger partial charge in [0.1, 0.15) is 0 Å². The number of aryl methyl sites for hydroxylation is 4. The molecular formula is C54H38F3N3. The fraction of sp³-hybridized carbons (Fsp3) is 0.0926. The van der Waals surface area contributed by atoms with Crippen LogP contribution in [0.25, 0.3) is 88.4 Å². The molecule has 290 valence electrons. The Balaban J connectivity index is 1.33. The van der Waals surface area contributed by atoms with Crippen LogP contribution in [0.3, 0.4) is 0 Å². The van der Waals surface area contributed by atoms with E-state index < -0.39 is 11.7 Å². The highest BCUT2D eigenvalue weighted by Gasteiger charge is 2.31. The molecule has 0 amide bonds. The van der Waals surface area contributed by atoms with Gasteiger partial charge >= 0.3 is 6.18 Å². The first kappa shape index (κ1) is 36.9. The van der Waals surface area contributed by atoms with Crippen LogP contribution in [0.15, 0.2) is 158 Å². The molecule has 3 nitrogen and oxygen atoms in total. The summed E-state index contributed by atoms with van der Waals surface area (Å²) >= 11 is 0. The molecule has 2 aromatic heterocycles. The summed E-state index contributed by atoms with van der Waals surface area (Å²) in [6, 6.07) is 54.7. The minimum absolute atomic E-state index is 0.500. The van der Waals surface area contributed by atoms with E-state index in [1.165, 1.54) is 23.3 Å². The third-order valence-corrected chi connectivity index (χ3v) is 11.7. The fourth-order valence-electron chi connectivity index (χ4n) is 9.18. The standard InChI is InChI=1S/C54H38F3N3/c1-32-20-33(2)22-40(21-32)37-16-18-45-43-12-5-7-14-48(43)59(50(45)28-37)52-25-35(4)47(39-11-9-10-36(26-39)31-58)30-53(52)60-49-15-8-6-13-44(49)46-19-17-38(29-51(46)60)41-23-34(3)24-42(27-41)54(55,56)57/h5-30H,1-4H3. The van der Waals surface area contributed by atoms with Crippen molar-refractivity contribution in [2.24, 2.45) is 0 Å². The lowest BCUT2D eigenvalue weighted by molar-refractivity contribution is -0.137. The third-order valence-electron chi connectivity index (χ3n) is 11.7. The van der Waals surface area contributed by atoms with Crippen molar-refractivity contribution in [1.82, 2.24) is 9.13 Å². The maximum Gasteiger partial charge on any atom is 0.416 e. The predicted octanol–water partition coefficient (Wildman–Crippen LogP) is 15.0. The van der Waals surface area contributed by atoms with E-state index in [9.17, 15) is 18.4 Å². The molecule has 2 heterocycles. The Hall–Kier alpha value is -7.36.